The molecule has 0 radical (unpaired) electrons. The Kier molecular flexibility index (Phi) is 5.62. The second-order valence-corrected chi connectivity index (χ2v) is 2.26. The lowest BCUT2D eigenvalue weighted by Gasteiger charge is -1.98. The van der Waals surface area contributed by atoms with Gasteiger partial charge in [-0.05, 0) is 12.8 Å². The Hall–Kier alpha value is -1.37. The monoisotopic (exact) mass is 167 g/mol. The van der Waals surface area contributed by atoms with Gasteiger partial charge in [-0.1, -0.05) is 13.8 Å². The molecule has 0 rings (SSSR count). The van der Waals surface area contributed by atoms with Crippen LogP contribution in [0.2, 0.25) is 0 Å². The number of hydrazone groups is 1. The van der Waals surface area contributed by atoms with Crippen LogP contribution in [0.1, 0.15) is 33.1 Å². The van der Waals surface area contributed by atoms with E-state index in [-0.39, 0.29) is 12.3 Å². The number of amides is 1. The van der Waals surface area contributed by atoms with Crippen LogP contribution in [0, 0.1) is 11.3 Å². The predicted octanol–water partition coefficient (Wildman–Crippen LogP) is 1.19. The van der Waals surface area contributed by atoms with Gasteiger partial charge in [-0.15, -0.1) is 0 Å². The Morgan fingerprint density at radius 3 is 2.50 bits per heavy atom. The third-order valence-electron chi connectivity index (χ3n) is 1.39. The van der Waals surface area contributed by atoms with Crippen molar-refractivity contribution in [3.05, 3.63) is 0 Å². The van der Waals surface area contributed by atoms with Gasteiger partial charge in [0.2, 0.25) is 0 Å². The van der Waals surface area contributed by atoms with Crippen molar-refractivity contribution in [2.45, 2.75) is 33.1 Å². The van der Waals surface area contributed by atoms with Crippen LogP contribution in [0.5, 0.6) is 0 Å². The summed E-state index contributed by atoms with van der Waals surface area (Å²) >= 11 is 0. The number of nitriles is 1. The SMILES string of the molecule is CCC(CC)=NNC(=O)CC#N. The van der Waals surface area contributed by atoms with E-state index in [0.717, 1.165) is 18.6 Å². The van der Waals surface area contributed by atoms with Crippen molar-refractivity contribution < 1.29 is 4.79 Å². The first kappa shape index (κ1) is 10.6. The highest BCUT2D eigenvalue weighted by atomic mass is 16.2. The zero-order valence-corrected chi connectivity index (χ0v) is 7.42. The van der Waals surface area contributed by atoms with Gasteiger partial charge in [0.1, 0.15) is 6.42 Å². The van der Waals surface area contributed by atoms with E-state index in [1.54, 1.807) is 6.07 Å². The molecule has 0 saturated carbocycles. The highest BCUT2D eigenvalue weighted by Crippen LogP contribution is 1.89. The molecule has 0 unspecified atom stereocenters. The van der Waals surface area contributed by atoms with E-state index in [0.29, 0.717) is 0 Å². The molecule has 0 bridgehead atoms. The minimum Gasteiger partial charge on any atom is -0.272 e. The van der Waals surface area contributed by atoms with E-state index in [1.807, 2.05) is 13.8 Å². The first-order valence-electron chi connectivity index (χ1n) is 3.95. The van der Waals surface area contributed by atoms with Crippen molar-refractivity contribution in [2.24, 2.45) is 5.10 Å². The fourth-order valence-electron chi connectivity index (χ4n) is 0.661. The van der Waals surface area contributed by atoms with Gasteiger partial charge in [0.05, 0.1) is 6.07 Å². The maximum absolute atomic E-state index is 10.7. The van der Waals surface area contributed by atoms with Crippen LogP contribution in [-0.4, -0.2) is 11.6 Å². The van der Waals surface area contributed by atoms with Crippen LogP contribution in [0.4, 0.5) is 0 Å². The lowest BCUT2D eigenvalue weighted by atomic mass is 10.2. The molecule has 12 heavy (non-hydrogen) atoms. The van der Waals surface area contributed by atoms with Gasteiger partial charge in [0, 0.05) is 5.71 Å². The molecule has 0 aliphatic rings. The largest absolute Gasteiger partial charge is 0.272 e. The number of carbonyl (C=O) groups excluding carboxylic acids is 1. The molecule has 0 atom stereocenters. The second kappa shape index (κ2) is 6.35. The standard InChI is InChI=1S/C8H13N3O/c1-3-7(4-2)10-11-8(12)5-6-9/h3-5H2,1-2H3,(H,11,12). The number of carbonyl (C=O) groups is 1. The second-order valence-electron chi connectivity index (χ2n) is 2.26. The molecule has 0 heterocycles. The molecule has 4 heteroatoms. The zero-order valence-electron chi connectivity index (χ0n) is 7.42. The van der Waals surface area contributed by atoms with Gasteiger partial charge < -0.3 is 0 Å². The molecule has 0 fully saturated rings. The number of nitrogens with one attached hydrogen (secondary N) is 1. The molecular formula is C8H13N3O. The minimum absolute atomic E-state index is 0.135. The summed E-state index contributed by atoms with van der Waals surface area (Å²) < 4.78 is 0. The lowest BCUT2D eigenvalue weighted by molar-refractivity contribution is -0.120. The number of rotatable bonds is 4. The Balaban J connectivity index is 3.86. The first-order valence-corrected chi connectivity index (χ1v) is 3.95. The van der Waals surface area contributed by atoms with Crippen molar-refractivity contribution in [1.82, 2.24) is 5.43 Å². The van der Waals surface area contributed by atoms with Gasteiger partial charge >= 0.3 is 0 Å². The summed E-state index contributed by atoms with van der Waals surface area (Å²) in [4.78, 5) is 10.7. The fraction of sp³-hybridized carbons (Fsp3) is 0.625. The Bertz CT molecular complexity index is 209. The van der Waals surface area contributed by atoms with Gasteiger partial charge in [-0.25, -0.2) is 5.43 Å². The molecule has 0 aromatic rings. The summed E-state index contributed by atoms with van der Waals surface area (Å²) in [6, 6.07) is 1.75. The van der Waals surface area contributed by atoms with Crippen LogP contribution in [0.15, 0.2) is 5.10 Å². The quantitative estimate of drug-likeness (QED) is 0.505. The molecule has 0 aliphatic heterocycles. The molecule has 0 aromatic carbocycles. The summed E-state index contributed by atoms with van der Waals surface area (Å²) in [7, 11) is 0. The Morgan fingerprint density at radius 2 is 2.08 bits per heavy atom. The van der Waals surface area contributed by atoms with E-state index in [4.69, 9.17) is 5.26 Å². The third-order valence-corrected chi connectivity index (χ3v) is 1.39. The van der Waals surface area contributed by atoms with Crippen LogP contribution in [-0.2, 0) is 4.79 Å². The van der Waals surface area contributed by atoms with Crippen LogP contribution in [0.25, 0.3) is 0 Å². The molecule has 0 spiro atoms. The van der Waals surface area contributed by atoms with E-state index in [2.05, 4.69) is 10.5 Å². The molecular weight excluding hydrogens is 154 g/mol. The average Bonchev–Trinajstić information content (AvgIpc) is 2.07. The first-order chi connectivity index (χ1) is 5.74. The molecule has 0 aliphatic carbocycles. The fourth-order valence-corrected chi connectivity index (χ4v) is 0.661. The van der Waals surface area contributed by atoms with Gasteiger partial charge in [0.15, 0.2) is 0 Å². The molecule has 4 nitrogen and oxygen atoms in total. The predicted molar refractivity (Wildman–Crippen MR) is 46.4 cm³/mol. The Labute approximate surface area is 72.3 Å². The van der Waals surface area contributed by atoms with Crippen LogP contribution >= 0.6 is 0 Å². The van der Waals surface area contributed by atoms with E-state index >= 15 is 0 Å². The summed E-state index contributed by atoms with van der Waals surface area (Å²) in [6.45, 7) is 3.94. The van der Waals surface area contributed by atoms with E-state index < -0.39 is 0 Å². The summed E-state index contributed by atoms with van der Waals surface area (Å²) in [5.74, 6) is -0.350. The summed E-state index contributed by atoms with van der Waals surface area (Å²) in [5, 5.41) is 12.0. The van der Waals surface area contributed by atoms with E-state index in [9.17, 15) is 4.79 Å². The van der Waals surface area contributed by atoms with Gasteiger partial charge in [-0.3, -0.25) is 4.79 Å². The highest BCUT2D eigenvalue weighted by Gasteiger charge is 1.97. The maximum atomic E-state index is 10.7. The lowest BCUT2D eigenvalue weighted by Crippen LogP contribution is -2.18. The summed E-state index contributed by atoms with van der Waals surface area (Å²) in [6.07, 6.45) is 1.51. The maximum Gasteiger partial charge on any atom is 0.254 e. The average molecular weight is 167 g/mol. The van der Waals surface area contributed by atoms with Gasteiger partial charge in [0.25, 0.3) is 5.91 Å². The van der Waals surface area contributed by atoms with Crippen LogP contribution < -0.4 is 5.43 Å². The summed E-state index contributed by atoms with van der Waals surface area (Å²) in [5.41, 5.74) is 3.24. The molecule has 1 amide bonds. The van der Waals surface area contributed by atoms with Crippen molar-refractivity contribution in [3.8, 4) is 6.07 Å². The molecule has 0 aromatic heterocycles. The van der Waals surface area contributed by atoms with Crippen LogP contribution in [0.3, 0.4) is 0 Å². The number of hydrogen-bond acceptors (Lipinski definition) is 3. The van der Waals surface area contributed by atoms with Crippen molar-refractivity contribution in [2.75, 3.05) is 0 Å². The highest BCUT2D eigenvalue weighted by molar-refractivity contribution is 5.86. The molecule has 66 valence electrons. The Morgan fingerprint density at radius 1 is 1.50 bits per heavy atom. The number of hydrogen-bond donors (Lipinski definition) is 1. The van der Waals surface area contributed by atoms with Crippen molar-refractivity contribution in [3.63, 3.8) is 0 Å². The number of nitrogens with zero attached hydrogens (tertiary/aromatic N) is 2. The van der Waals surface area contributed by atoms with Crippen molar-refractivity contribution >= 4 is 11.6 Å². The molecule has 0 saturated heterocycles. The minimum atomic E-state index is -0.350. The molecule has 1 N–H and O–H groups in total. The van der Waals surface area contributed by atoms with E-state index in [1.165, 1.54) is 0 Å². The van der Waals surface area contributed by atoms with Crippen molar-refractivity contribution in [1.29, 1.82) is 5.26 Å². The smallest absolute Gasteiger partial charge is 0.254 e. The normalized spacial score (nSPS) is 8.42. The topological polar surface area (TPSA) is 65.2 Å². The zero-order chi connectivity index (χ0) is 9.40. The van der Waals surface area contributed by atoms with Gasteiger partial charge in [-0.2, -0.15) is 10.4 Å². The third kappa shape index (κ3) is 4.45.